The van der Waals surface area contributed by atoms with E-state index in [1.165, 1.54) is 6.33 Å². The van der Waals surface area contributed by atoms with Gasteiger partial charge in [0.25, 0.3) is 0 Å². The lowest BCUT2D eigenvalue weighted by Crippen LogP contribution is -2.66. The zero-order valence-electron chi connectivity index (χ0n) is 32.0. The number of aromatic nitrogens is 2. The van der Waals surface area contributed by atoms with Crippen molar-refractivity contribution in [1.82, 2.24) is 9.97 Å². The maximum atomic E-state index is 14.5. The van der Waals surface area contributed by atoms with E-state index in [1.807, 2.05) is 6.92 Å². The van der Waals surface area contributed by atoms with Crippen LogP contribution in [-0.4, -0.2) is 44.8 Å². The summed E-state index contributed by atoms with van der Waals surface area (Å²) < 4.78 is 6.14. The molecule has 5 aliphatic carbocycles. The quantitative estimate of drug-likeness (QED) is 0.274. The van der Waals surface area contributed by atoms with E-state index in [2.05, 4.69) is 63.8 Å². The first-order valence-corrected chi connectivity index (χ1v) is 18.9. The van der Waals surface area contributed by atoms with Crippen LogP contribution in [0.4, 0.5) is 5.69 Å². The van der Waals surface area contributed by atoms with Crippen molar-refractivity contribution in [3.8, 4) is 0 Å². The molecule has 0 unspecified atom stereocenters. The SMILES string of the molecule is Cc1ncncc1NC(=O)[C@@]12CC[C@]3(C)[C@H](CC[C@@H]4[C@@]5(C)CC[C@H](OC(=O)CC(C)(C)C(=O)O)C(C)(C)[C@@H]5CC[C@]43C)C1=C(C(C)C)C(=O)C2. The van der Waals surface area contributed by atoms with Crippen molar-refractivity contribution < 1.29 is 29.0 Å². The number of Topliss-reactive ketones (excluding diaryl/α,β-unsaturated/α-hetero) is 1. The number of fused-ring (bicyclic) bond motifs is 7. The third kappa shape index (κ3) is 5.21. The Labute approximate surface area is 298 Å². The van der Waals surface area contributed by atoms with E-state index < -0.39 is 22.8 Å². The molecule has 0 aromatic carbocycles. The molecular weight excluding hydrogens is 630 g/mol. The number of carboxylic acid groups (broad SMARTS) is 1. The van der Waals surface area contributed by atoms with Gasteiger partial charge >= 0.3 is 11.9 Å². The van der Waals surface area contributed by atoms with Crippen LogP contribution in [0, 0.1) is 63.1 Å². The number of ketones is 1. The minimum Gasteiger partial charge on any atom is -0.481 e. The van der Waals surface area contributed by atoms with Gasteiger partial charge in [0.2, 0.25) is 5.91 Å². The van der Waals surface area contributed by atoms with Crippen LogP contribution in [-0.2, 0) is 23.9 Å². The number of nitrogens with zero attached hydrogens (tertiary/aromatic N) is 2. The highest BCUT2D eigenvalue weighted by atomic mass is 16.5. The van der Waals surface area contributed by atoms with Crippen LogP contribution in [0.1, 0.15) is 132 Å². The summed E-state index contributed by atoms with van der Waals surface area (Å²) in [4.78, 5) is 61.7. The smallest absolute Gasteiger partial charge is 0.309 e. The van der Waals surface area contributed by atoms with Crippen molar-refractivity contribution in [2.45, 2.75) is 140 Å². The highest BCUT2D eigenvalue weighted by Crippen LogP contribution is 2.76. The predicted molar refractivity (Wildman–Crippen MR) is 191 cm³/mol. The van der Waals surface area contributed by atoms with E-state index in [0.29, 0.717) is 29.6 Å². The summed E-state index contributed by atoms with van der Waals surface area (Å²) in [6.07, 6.45) is 10.2. The number of hydrogen-bond donors (Lipinski definition) is 2. The third-order valence-electron chi connectivity index (χ3n) is 15.4. The van der Waals surface area contributed by atoms with Gasteiger partial charge in [-0.1, -0.05) is 48.5 Å². The minimum atomic E-state index is -1.17. The molecule has 9 heteroatoms. The van der Waals surface area contributed by atoms with Crippen LogP contribution in [0.25, 0.3) is 0 Å². The molecule has 6 rings (SSSR count). The Hall–Kier alpha value is -3.10. The number of ether oxygens (including phenoxy) is 1. The molecule has 1 aromatic rings. The lowest BCUT2D eigenvalue weighted by molar-refractivity contribution is -0.233. The molecular formula is C41H59N3O6. The van der Waals surface area contributed by atoms with Crippen LogP contribution < -0.4 is 5.32 Å². The van der Waals surface area contributed by atoms with E-state index in [0.717, 1.165) is 56.1 Å². The molecule has 274 valence electrons. The van der Waals surface area contributed by atoms with E-state index in [9.17, 15) is 24.3 Å². The van der Waals surface area contributed by atoms with Gasteiger partial charge in [-0.25, -0.2) is 9.97 Å². The zero-order chi connectivity index (χ0) is 36.8. The molecule has 0 saturated heterocycles. The third-order valence-corrected chi connectivity index (χ3v) is 15.4. The van der Waals surface area contributed by atoms with Gasteiger partial charge in [-0.15, -0.1) is 0 Å². The highest BCUT2D eigenvalue weighted by molar-refractivity contribution is 6.10. The normalized spacial score (nSPS) is 37.7. The summed E-state index contributed by atoms with van der Waals surface area (Å²) in [6, 6.07) is 0. The van der Waals surface area contributed by atoms with Crippen LogP contribution in [0.3, 0.4) is 0 Å². The molecule has 1 amide bonds. The number of rotatable bonds is 7. The van der Waals surface area contributed by atoms with Crippen molar-refractivity contribution in [2.24, 2.45) is 56.2 Å². The Bertz CT molecular complexity index is 1650. The molecule has 0 bridgehead atoms. The number of hydrogen-bond acceptors (Lipinski definition) is 7. The zero-order valence-corrected chi connectivity index (χ0v) is 32.0. The molecule has 2 N–H and O–H groups in total. The van der Waals surface area contributed by atoms with E-state index in [-0.39, 0.29) is 64.1 Å². The first-order chi connectivity index (χ1) is 23.2. The number of aryl methyl sites for hydroxylation is 1. The second kappa shape index (κ2) is 12.0. The number of allylic oxidation sites excluding steroid dienone is 1. The van der Waals surface area contributed by atoms with Gasteiger partial charge < -0.3 is 15.2 Å². The molecule has 5 aliphatic rings. The van der Waals surface area contributed by atoms with Crippen LogP contribution in [0.15, 0.2) is 23.7 Å². The number of carbonyl (C=O) groups excluding carboxylic acids is 3. The number of carbonyl (C=O) groups is 4. The lowest BCUT2D eigenvalue weighted by atomic mass is 9.33. The lowest BCUT2D eigenvalue weighted by Gasteiger charge is -2.72. The van der Waals surface area contributed by atoms with Crippen molar-refractivity contribution in [3.63, 3.8) is 0 Å². The second-order valence-corrected chi connectivity index (χ2v) is 19.0. The molecule has 9 nitrogen and oxygen atoms in total. The highest BCUT2D eigenvalue weighted by Gasteiger charge is 2.71. The summed E-state index contributed by atoms with van der Waals surface area (Å²) >= 11 is 0. The average Bonchev–Trinajstić information content (AvgIpc) is 3.33. The Morgan fingerprint density at radius 2 is 1.68 bits per heavy atom. The Kier molecular flexibility index (Phi) is 8.79. The molecule has 4 saturated carbocycles. The maximum Gasteiger partial charge on any atom is 0.309 e. The minimum absolute atomic E-state index is 0.000503. The number of carboxylic acids is 1. The van der Waals surface area contributed by atoms with Crippen LogP contribution >= 0.6 is 0 Å². The van der Waals surface area contributed by atoms with Crippen LogP contribution in [0.2, 0.25) is 0 Å². The van der Waals surface area contributed by atoms with E-state index >= 15 is 0 Å². The fourth-order valence-electron chi connectivity index (χ4n) is 12.5. The van der Waals surface area contributed by atoms with Crippen LogP contribution in [0.5, 0.6) is 0 Å². The fourth-order valence-corrected chi connectivity index (χ4v) is 12.5. The molecule has 0 spiro atoms. The molecule has 8 atom stereocenters. The first-order valence-electron chi connectivity index (χ1n) is 18.9. The largest absolute Gasteiger partial charge is 0.481 e. The van der Waals surface area contributed by atoms with Crippen molar-refractivity contribution >= 4 is 29.3 Å². The van der Waals surface area contributed by atoms with Crippen molar-refractivity contribution in [3.05, 3.63) is 29.4 Å². The van der Waals surface area contributed by atoms with Gasteiger partial charge in [-0.05, 0) is 123 Å². The standard InChI is InChI=1S/C41H59N3O6/c1-23(2)32-27(45)19-41(34(47)44-26-21-42-22-43-24(26)3)18-17-39(9)25(33(32)41)11-12-29-38(8)15-14-30(50-31(46)20-36(4,5)35(48)49)37(6,7)28(38)13-16-40(29,39)10/h21-23,25,28-30H,11-20H2,1-10H3,(H,44,47)(H,48,49)/t25-,28+,29-,30+,38+,39-,40-,41-/m1/s1. The van der Waals surface area contributed by atoms with E-state index in [4.69, 9.17) is 4.74 Å². The summed E-state index contributed by atoms with van der Waals surface area (Å²) in [5.74, 6) is -0.435. The number of aliphatic carboxylic acids is 1. The number of esters is 1. The number of amides is 1. The second-order valence-electron chi connectivity index (χ2n) is 19.0. The summed E-state index contributed by atoms with van der Waals surface area (Å²) in [5, 5.41) is 12.8. The summed E-state index contributed by atoms with van der Waals surface area (Å²) in [7, 11) is 0. The van der Waals surface area contributed by atoms with Gasteiger partial charge in [0.1, 0.15) is 12.4 Å². The monoisotopic (exact) mass is 689 g/mol. The predicted octanol–water partition coefficient (Wildman–Crippen LogP) is 8.12. The molecule has 50 heavy (non-hydrogen) atoms. The van der Waals surface area contributed by atoms with Gasteiger partial charge in [-0.2, -0.15) is 0 Å². The molecule has 1 heterocycles. The molecule has 4 fully saturated rings. The summed E-state index contributed by atoms with van der Waals surface area (Å²) in [5.41, 5.74) is 0.957. The Morgan fingerprint density at radius 3 is 2.32 bits per heavy atom. The number of anilines is 1. The fraction of sp³-hybridized carbons (Fsp3) is 0.756. The molecule has 0 aliphatic heterocycles. The Balaban J connectivity index is 1.31. The van der Waals surface area contributed by atoms with Gasteiger partial charge in [-0.3, -0.25) is 19.2 Å². The van der Waals surface area contributed by atoms with E-state index in [1.54, 1.807) is 20.0 Å². The average molecular weight is 690 g/mol. The molecule has 0 radical (unpaired) electrons. The topological polar surface area (TPSA) is 136 Å². The van der Waals surface area contributed by atoms with Gasteiger partial charge in [0.15, 0.2) is 5.78 Å². The first kappa shape index (κ1) is 36.7. The summed E-state index contributed by atoms with van der Waals surface area (Å²) in [6.45, 7) is 21.2. The maximum absolute atomic E-state index is 14.5. The van der Waals surface area contributed by atoms with Crippen molar-refractivity contribution in [2.75, 3.05) is 5.32 Å². The number of nitrogens with one attached hydrogen (secondary N) is 1. The van der Waals surface area contributed by atoms with Crippen molar-refractivity contribution in [1.29, 1.82) is 0 Å². The Morgan fingerprint density at radius 1 is 0.980 bits per heavy atom. The van der Waals surface area contributed by atoms with Gasteiger partial charge in [0.05, 0.1) is 34.8 Å². The van der Waals surface area contributed by atoms with Gasteiger partial charge in [0, 0.05) is 11.8 Å². The molecule has 1 aromatic heterocycles.